The predicted molar refractivity (Wildman–Crippen MR) is 106 cm³/mol. The second kappa shape index (κ2) is 9.36. The number of benzene rings is 1. The Labute approximate surface area is 163 Å². The highest BCUT2D eigenvalue weighted by molar-refractivity contribution is 9.10. The highest BCUT2D eigenvalue weighted by Crippen LogP contribution is 2.27. The van der Waals surface area contributed by atoms with E-state index in [-0.39, 0.29) is 18.3 Å². The van der Waals surface area contributed by atoms with Crippen molar-refractivity contribution in [2.45, 2.75) is 32.6 Å². The number of fused-ring (bicyclic) bond motifs is 1. The van der Waals surface area contributed by atoms with Gasteiger partial charge in [0.25, 0.3) is 5.91 Å². The molecule has 1 aliphatic carbocycles. The van der Waals surface area contributed by atoms with Crippen molar-refractivity contribution in [1.29, 1.82) is 0 Å². The summed E-state index contributed by atoms with van der Waals surface area (Å²) >= 11 is 3.46. The number of hydrogen-bond donors (Lipinski definition) is 2. The van der Waals surface area contributed by atoms with E-state index in [1.165, 1.54) is 5.69 Å². The Kier molecular flexibility index (Phi) is 7.47. The molecule has 1 amide bonds. The molecule has 0 spiro atoms. The Hall–Kier alpha value is -1.37. The van der Waals surface area contributed by atoms with E-state index in [2.05, 4.69) is 38.6 Å². The van der Waals surface area contributed by atoms with Crippen LogP contribution in [0, 0.1) is 0 Å². The van der Waals surface area contributed by atoms with E-state index >= 15 is 0 Å². The minimum atomic E-state index is -0.0677. The number of rotatable bonds is 6. The summed E-state index contributed by atoms with van der Waals surface area (Å²) in [5.41, 5.74) is 3.89. The third kappa shape index (κ3) is 4.63. The lowest BCUT2D eigenvalue weighted by molar-refractivity contribution is 0.0947. The molecule has 3 rings (SSSR count). The molecule has 7 heteroatoms. The zero-order valence-electron chi connectivity index (χ0n) is 14.3. The molecule has 5 nitrogen and oxygen atoms in total. The lowest BCUT2D eigenvalue weighted by Crippen LogP contribution is -2.32. The normalized spacial score (nSPS) is 13.0. The van der Waals surface area contributed by atoms with Crippen molar-refractivity contribution in [1.82, 2.24) is 20.4 Å². The van der Waals surface area contributed by atoms with Gasteiger partial charge in [-0.1, -0.05) is 22.9 Å². The third-order valence-electron chi connectivity index (χ3n) is 4.30. The summed E-state index contributed by atoms with van der Waals surface area (Å²) in [6.07, 6.45) is 4.18. The predicted octanol–water partition coefficient (Wildman–Crippen LogP) is 3.27. The van der Waals surface area contributed by atoms with Gasteiger partial charge in [-0.25, -0.2) is 4.68 Å². The fourth-order valence-corrected chi connectivity index (χ4v) is 3.37. The van der Waals surface area contributed by atoms with Crippen molar-refractivity contribution >= 4 is 34.2 Å². The Morgan fingerprint density at radius 1 is 1.20 bits per heavy atom. The number of halogens is 2. The molecular weight excluding hydrogens is 404 g/mol. The van der Waals surface area contributed by atoms with E-state index in [4.69, 9.17) is 0 Å². The number of likely N-dealkylation sites (N-methyl/N-ethyl adjacent to an activating group) is 1. The second-order valence-corrected chi connectivity index (χ2v) is 6.89. The molecule has 25 heavy (non-hydrogen) atoms. The van der Waals surface area contributed by atoms with Gasteiger partial charge in [0.2, 0.25) is 0 Å². The van der Waals surface area contributed by atoms with E-state index in [1.54, 1.807) is 0 Å². The van der Waals surface area contributed by atoms with Gasteiger partial charge in [-0.2, -0.15) is 5.10 Å². The molecule has 0 radical (unpaired) electrons. The number of nitrogens with zero attached hydrogens (tertiary/aromatic N) is 2. The standard InChI is InChI=1S/C18H23BrN4O.ClH/c1-2-20-11-12-21-18(24)17-15-5-3-4-6-16(15)23(22-17)14-9-7-13(19)8-10-14;/h7-10,20H,2-6,11-12H2,1H3,(H,21,24);1H. The fraction of sp³-hybridized carbons (Fsp3) is 0.444. The van der Waals surface area contributed by atoms with Crippen LogP contribution in [0.5, 0.6) is 0 Å². The summed E-state index contributed by atoms with van der Waals surface area (Å²) in [5, 5.41) is 10.8. The Balaban J connectivity index is 0.00000225. The quantitative estimate of drug-likeness (QED) is 0.696. The topological polar surface area (TPSA) is 58.9 Å². The maximum Gasteiger partial charge on any atom is 0.272 e. The van der Waals surface area contributed by atoms with Gasteiger partial charge in [0.1, 0.15) is 0 Å². The smallest absolute Gasteiger partial charge is 0.272 e. The van der Waals surface area contributed by atoms with Crippen molar-refractivity contribution in [2.24, 2.45) is 0 Å². The molecule has 0 fully saturated rings. The second-order valence-electron chi connectivity index (χ2n) is 5.98. The molecule has 2 N–H and O–H groups in total. The molecule has 1 aromatic carbocycles. The van der Waals surface area contributed by atoms with E-state index in [9.17, 15) is 4.79 Å². The van der Waals surface area contributed by atoms with Crippen LogP contribution < -0.4 is 10.6 Å². The number of nitrogens with one attached hydrogen (secondary N) is 2. The van der Waals surface area contributed by atoms with Crippen LogP contribution in [0.1, 0.15) is 41.5 Å². The zero-order chi connectivity index (χ0) is 16.9. The minimum Gasteiger partial charge on any atom is -0.349 e. The third-order valence-corrected chi connectivity index (χ3v) is 4.83. The summed E-state index contributed by atoms with van der Waals surface area (Å²) in [7, 11) is 0. The van der Waals surface area contributed by atoms with Gasteiger partial charge in [0, 0.05) is 28.8 Å². The molecule has 0 saturated heterocycles. The number of amides is 1. The van der Waals surface area contributed by atoms with Crippen LogP contribution in [0.15, 0.2) is 28.7 Å². The zero-order valence-corrected chi connectivity index (χ0v) is 16.8. The van der Waals surface area contributed by atoms with Crippen LogP contribution >= 0.6 is 28.3 Å². The number of carbonyl (C=O) groups is 1. The van der Waals surface area contributed by atoms with Gasteiger partial charge >= 0.3 is 0 Å². The molecule has 1 heterocycles. The first-order valence-electron chi connectivity index (χ1n) is 8.56. The molecule has 1 aliphatic rings. The first-order chi connectivity index (χ1) is 11.7. The van der Waals surface area contributed by atoms with Crippen LogP contribution in [-0.2, 0) is 12.8 Å². The molecule has 0 unspecified atom stereocenters. The van der Waals surface area contributed by atoms with E-state index < -0.39 is 0 Å². The first kappa shape index (κ1) is 19.9. The van der Waals surface area contributed by atoms with Crippen molar-refractivity contribution in [2.75, 3.05) is 19.6 Å². The molecule has 0 atom stereocenters. The molecule has 0 bridgehead atoms. The van der Waals surface area contributed by atoms with E-state index in [0.717, 1.165) is 54.5 Å². The largest absolute Gasteiger partial charge is 0.349 e. The summed E-state index contributed by atoms with van der Waals surface area (Å²) in [6, 6.07) is 8.06. The molecule has 1 aromatic heterocycles. The van der Waals surface area contributed by atoms with Gasteiger partial charge in [-0.05, 0) is 56.5 Å². The summed E-state index contributed by atoms with van der Waals surface area (Å²) in [6.45, 7) is 4.35. The minimum absolute atomic E-state index is 0. The van der Waals surface area contributed by atoms with Gasteiger partial charge < -0.3 is 10.6 Å². The van der Waals surface area contributed by atoms with Crippen LogP contribution in [0.2, 0.25) is 0 Å². The lowest BCUT2D eigenvalue weighted by Gasteiger charge is -2.14. The maximum atomic E-state index is 12.6. The SMILES string of the molecule is CCNCCNC(=O)c1nn(-c2ccc(Br)cc2)c2c1CCCC2.Cl. The first-order valence-corrected chi connectivity index (χ1v) is 9.35. The van der Waals surface area contributed by atoms with Gasteiger partial charge in [-0.15, -0.1) is 12.4 Å². The summed E-state index contributed by atoms with van der Waals surface area (Å²) < 4.78 is 2.98. The van der Waals surface area contributed by atoms with Gasteiger partial charge in [-0.3, -0.25) is 4.79 Å². The van der Waals surface area contributed by atoms with Crippen molar-refractivity contribution < 1.29 is 4.79 Å². The fourth-order valence-electron chi connectivity index (χ4n) is 3.10. The molecule has 136 valence electrons. The monoisotopic (exact) mass is 426 g/mol. The van der Waals surface area contributed by atoms with Crippen molar-refractivity contribution in [3.8, 4) is 5.69 Å². The van der Waals surface area contributed by atoms with Crippen LogP contribution in [-0.4, -0.2) is 35.3 Å². The number of carbonyl (C=O) groups excluding carboxylic acids is 1. The van der Waals surface area contributed by atoms with E-state index in [1.807, 2.05) is 28.9 Å². The maximum absolute atomic E-state index is 12.6. The van der Waals surface area contributed by atoms with Crippen molar-refractivity contribution in [3.05, 3.63) is 45.7 Å². The summed E-state index contributed by atoms with van der Waals surface area (Å²) in [5.74, 6) is -0.0677. The highest BCUT2D eigenvalue weighted by atomic mass is 79.9. The molecular formula is C18H24BrClN4O. The van der Waals surface area contributed by atoms with Gasteiger partial charge in [0.05, 0.1) is 5.69 Å². The number of aromatic nitrogens is 2. The Morgan fingerprint density at radius 2 is 1.92 bits per heavy atom. The average Bonchev–Trinajstić information content (AvgIpc) is 2.99. The molecule has 0 aliphatic heterocycles. The Bertz CT molecular complexity index is 715. The van der Waals surface area contributed by atoms with Gasteiger partial charge in [0.15, 0.2) is 5.69 Å². The molecule has 2 aromatic rings. The van der Waals surface area contributed by atoms with E-state index in [0.29, 0.717) is 12.2 Å². The summed E-state index contributed by atoms with van der Waals surface area (Å²) in [4.78, 5) is 12.6. The number of hydrogen-bond acceptors (Lipinski definition) is 3. The van der Waals surface area contributed by atoms with Crippen LogP contribution in [0.3, 0.4) is 0 Å². The molecule has 0 saturated carbocycles. The Morgan fingerprint density at radius 3 is 2.64 bits per heavy atom. The lowest BCUT2D eigenvalue weighted by atomic mass is 9.95. The van der Waals surface area contributed by atoms with Crippen molar-refractivity contribution in [3.63, 3.8) is 0 Å². The highest BCUT2D eigenvalue weighted by Gasteiger charge is 2.25. The van der Waals surface area contributed by atoms with Crippen LogP contribution in [0.4, 0.5) is 0 Å². The van der Waals surface area contributed by atoms with Crippen LogP contribution in [0.25, 0.3) is 5.69 Å². The average molecular weight is 428 g/mol.